The lowest BCUT2D eigenvalue weighted by Crippen LogP contribution is -2.38. The molecule has 1 N–H and O–H groups in total. The number of hydrogen-bond acceptors (Lipinski definition) is 3. The Labute approximate surface area is 109 Å². The first kappa shape index (κ1) is 12.2. The monoisotopic (exact) mass is 248 g/mol. The van der Waals surface area contributed by atoms with E-state index in [1.54, 1.807) is 0 Å². The Kier molecular flexibility index (Phi) is 3.66. The van der Waals surface area contributed by atoms with E-state index in [0.29, 0.717) is 6.04 Å². The normalized spacial score (nSPS) is 24.0. The highest BCUT2D eigenvalue weighted by Gasteiger charge is 2.31. The number of aryl methyl sites for hydroxylation is 1. The molecule has 4 nitrogen and oxygen atoms in total. The highest BCUT2D eigenvalue weighted by atomic mass is 15.2. The van der Waals surface area contributed by atoms with Crippen LogP contribution in [-0.4, -0.2) is 39.6 Å². The van der Waals surface area contributed by atoms with Crippen molar-refractivity contribution in [3.05, 3.63) is 18.2 Å². The van der Waals surface area contributed by atoms with Gasteiger partial charge < -0.3 is 9.88 Å². The summed E-state index contributed by atoms with van der Waals surface area (Å²) in [6, 6.07) is 1.54. The molecule has 0 bridgehead atoms. The van der Waals surface area contributed by atoms with Crippen molar-refractivity contribution in [1.29, 1.82) is 0 Å². The van der Waals surface area contributed by atoms with Crippen LogP contribution in [0.5, 0.6) is 0 Å². The van der Waals surface area contributed by atoms with E-state index in [1.165, 1.54) is 44.5 Å². The first-order chi connectivity index (χ1) is 8.86. The Hall–Kier alpha value is -0.870. The molecule has 18 heavy (non-hydrogen) atoms. The van der Waals surface area contributed by atoms with Crippen LogP contribution in [0.15, 0.2) is 12.5 Å². The molecular weight excluding hydrogens is 224 g/mol. The van der Waals surface area contributed by atoms with Gasteiger partial charge in [-0.05, 0) is 39.2 Å². The number of aromatic nitrogens is 2. The highest BCUT2D eigenvalue weighted by molar-refractivity contribution is 5.01. The van der Waals surface area contributed by atoms with Crippen molar-refractivity contribution in [2.24, 2.45) is 0 Å². The number of hydrogen-bond donors (Lipinski definition) is 1. The summed E-state index contributed by atoms with van der Waals surface area (Å²) in [7, 11) is 0. The second-order valence-electron chi connectivity index (χ2n) is 5.62. The van der Waals surface area contributed by atoms with E-state index in [1.807, 2.05) is 12.5 Å². The summed E-state index contributed by atoms with van der Waals surface area (Å²) in [5, 5.41) is 3.61. The maximum absolute atomic E-state index is 4.28. The van der Waals surface area contributed by atoms with Crippen LogP contribution in [-0.2, 0) is 13.1 Å². The predicted molar refractivity (Wildman–Crippen MR) is 72.4 cm³/mol. The second-order valence-corrected chi connectivity index (χ2v) is 5.62. The molecule has 1 aromatic rings. The van der Waals surface area contributed by atoms with Crippen LogP contribution in [0.4, 0.5) is 0 Å². The van der Waals surface area contributed by atoms with Crippen molar-refractivity contribution in [1.82, 2.24) is 19.8 Å². The first-order valence-corrected chi connectivity index (χ1v) is 7.33. The molecule has 2 aliphatic rings. The molecule has 0 spiro atoms. The maximum atomic E-state index is 4.28. The van der Waals surface area contributed by atoms with E-state index in [-0.39, 0.29) is 0 Å². The molecule has 3 rings (SSSR count). The smallest absolute Gasteiger partial charge is 0.0948 e. The number of nitrogens with one attached hydrogen (secondary N) is 1. The van der Waals surface area contributed by atoms with E-state index >= 15 is 0 Å². The van der Waals surface area contributed by atoms with Gasteiger partial charge in [-0.2, -0.15) is 0 Å². The van der Waals surface area contributed by atoms with Gasteiger partial charge in [-0.25, -0.2) is 4.98 Å². The third-order valence-electron chi connectivity index (χ3n) is 4.18. The lowest BCUT2D eigenvalue weighted by atomic mass is 10.2. The Morgan fingerprint density at radius 1 is 1.44 bits per heavy atom. The highest BCUT2D eigenvalue weighted by Crippen LogP contribution is 2.29. The Bertz CT molecular complexity index is 377. The lowest BCUT2D eigenvalue weighted by molar-refractivity contribution is 0.226. The van der Waals surface area contributed by atoms with Crippen molar-refractivity contribution in [2.75, 3.05) is 13.1 Å². The summed E-state index contributed by atoms with van der Waals surface area (Å²) in [6.45, 7) is 6.69. The minimum Gasteiger partial charge on any atom is -0.334 e. The fourth-order valence-corrected chi connectivity index (χ4v) is 2.95. The molecule has 4 heteroatoms. The SMILES string of the molecule is CCn1cncc1CN(CC1CCCN1)C1CC1. The van der Waals surface area contributed by atoms with E-state index in [0.717, 1.165) is 19.1 Å². The summed E-state index contributed by atoms with van der Waals surface area (Å²) in [5.74, 6) is 0. The average molecular weight is 248 g/mol. The third-order valence-corrected chi connectivity index (χ3v) is 4.18. The third kappa shape index (κ3) is 2.75. The minimum atomic E-state index is 0.712. The van der Waals surface area contributed by atoms with Gasteiger partial charge in [-0.1, -0.05) is 0 Å². The summed E-state index contributed by atoms with van der Waals surface area (Å²) in [6.07, 6.45) is 9.43. The molecule has 1 aromatic heterocycles. The van der Waals surface area contributed by atoms with Crippen LogP contribution in [0.2, 0.25) is 0 Å². The van der Waals surface area contributed by atoms with Crippen LogP contribution in [0.25, 0.3) is 0 Å². The fraction of sp³-hybridized carbons (Fsp3) is 0.786. The van der Waals surface area contributed by atoms with E-state index in [2.05, 4.69) is 26.7 Å². The van der Waals surface area contributed by atoms with Gasteiger partial charge in [0.2, 0.25) is 0 Å². The molecule has 1 saturated carbocycles. The van der Waals surface area contributed by atoms with Crippen LogP contribution in [0, 0.1) is 0 Å². The molecule has 1 saturated heterocycles. The molecule has 0 amide bonds. The van der Waals surface area contributed by atoms with Crippen molar-refractivity contribution < 1.29 is 0 Å². The van der Waals surface area contributed by atoms with Gasteiger partial charge in [0.15, 0.2) is 0 Å². The van der Waals surface area contributed by atoms with Crippen molar-refractivity contribution in [2.45, 2.75) is 57.8 Å². The summed E-state index contributed by atoms with van der Waals surface area (Å²) in [4.78, 5) is 6.94. The molecular formula is C14H24N4. The van der Waals surface area contributed by atoms with Gasteiger partial charge >= 0.3 is 0 Å². The van der Waals surface area contributed by atoms with Crippen LogP contribution < -0.4 is 5.32 Å². The van der Waals surface area contributed by atoms with Gasteiger partial charge in [-0.15, -0.1) is 0 Å². The van der Waals surface area contributed by atoms with Gasteiger partial charge in [0, 0.05) is 37.9 Å². The fourth-order valence-electron chi connectivity index (χ4n) is 2.95. The largest absolute Gasteiger partial charge is 0.334 e. The molecule has 0 aromatic carbocycles. The average Bonchev–Trinajstić information content (AvgIpc) is 2.92. The maximum Gasteiger partial charge on any atom is 0.0948 e. The Morgan fingerprint density at radius 3 is 3.00 bits per heavy atom. The zero-order valence-electron chi connectivity index (χ0n) is 11.3. The van der Waals surface area contributed by atoms with Crippen LogP contribution in [0.3, 0.4) is 0 Å². The summed E-state index contributed by atoms with van der Waals surface area (Å²) < 4.78 is 2.26. The molecule has 2 heterocycles. The molecule has 0 radical (unpaired) electrons. The zero-order chi connectivity index (χ0) is 12.4. The van der Waals surface area contributed by atoms with Crippen molar-refractivity contribution in [3.8, 4) is 0 Å². The first-order valence-electron chi connectivity index (χ1n) is 7.33. The molecule has 100 valence electrons. The van der Waals surface area contributed by atoms with Gasteiger partial charge in [0.05, 0.1) is 12.0 Å². The van der Waals surface area contributed by atoms with E-state index in [9.17, 15) is 0 Å². The lowest BCUT2D eigenvalue weighted by Gasteiger charge is -2.25. The number of rotatable bonds is 6. The van der Waals surface area contributed by atoms with E-state index in [4.69, 9.17) is 0 Å². The number of imidazole rings is 1. The molecule has 2 fully saturated rings. The quantitative estimate of drug-likeness (QED) is 0.830. The topological polar surface area (TPSA) is 33.1 Å². The van der Waals surface area contributed by atoms with Gasteiger partial charge in [0.25, 0.3) is 0 Å². The van der Waals surface area contributed by atoms with Gasteiger partial charge in [-0.3, -0.25) is 4.90 Å². The molecule has 1 atom stereocenters. The van der Waals surface area contributed by atoms with Crippen LogP contribution >= 0.6 is 0 Å². The zero-order valence-corrected chi connectivity index (χ0v) is 11.3. The van der Waals surface area contributed by atoms with E-state index < -0.39 is 0 Å². The van der Waals surface area contributed by atoms with Crippen molar-refractivity contribution in [3.63, 3.8) is 0 Å². The molecule has 1 aliphatic carbocycles. The number of nitrogens with zero attached hydrogens (tertiary/aromatic N) is 3. The van der Waals surface area contributed by atoms with Crippen LogP contribution in [0.1, 0.15) is 38.3 Å². The summed E-state index contributed by atoms with van der Waals surface area (Å²) in [5.41, 5.74) is 1.36. The molecule has 1 aliphatic heterocycles. The second kappa shape index (κ2) is 5.41. The minimum absolute atomic E-state index is 0.712. The van der Waals surface area contributed by atoms with Crippen molar-refractivity contribution >= 4 is 0 Å². The van der Waals surface area contributed by atoms with Gasteiger partial charge in [0.1, 0.15) is 0 Å². The predicted octanol–water partition coefficient (Wildman–Crippen LogP) is 1.62. The molecule has 1 unspecified atom stereocenters. The Balaban J connectivity index is 1.62. The standard InChI is InChI=1S/C14H24N4/c1-2-17-11-15-8-14(17)10-18(13-5-6-13)9-12-4-3-7-16-12/h8,11-13,16H,2-7,9-10H2,1H3. The Morgan fingerprint density at radius 2 is 2.33 bits per heavy atom. The summed E-state index contributed by atoms with van der Waals surface area (Å²) >= 11 is 0.